The van der Waals surface area contributed by atoms with E-state index in [9.17, 15) is 4.79 Å². The van der Waals surface area contributed by atoms with Crippen LogP contribution in [0.2, 0.25) is 5.02 Å². The third-order valence-electron chi connectivity index (χ3n) is 5.97. The topological polar surface area (TPSA) is 117 Å². The van der Waals surface area contributed by atoms with E-state index in [-0.39, 0.29) is 53.5 Å². The molecule has 4 rings (SSSR count). The number of rotatable bonds is 8. The van der Waals surface area contributed by atoms with Gasteiger partial charge in [-0.3, -0.25) is 4.79 Å². The van der Waals surface area contributed by atoms with Crippen molar-refractivity contribution >= 4 is 17.5 Å². The maximum atomic E-state index is 15.8. The van der Waals surface area contributed by atoms with Crippen LogP contribution >= 0.6 is 11.6 Å². The summed E-state index contributed by atoms with van der Waals surface area (Å²) in [7, 11) is 1.41. The number of hydrogen-bond donors (Lipinski definition) is 3. The Kier molecular flexibility index (Phi) is 6.95. The van der Waals surface area contributed by atoms with Crippen LogP contribution in [0.4, 0.5) is 8.78 Å². The van der Waals surface area contributed by atoms with Crippen molar-refractivity contribution < 1.29 is 32.9 Å². The van der Waals surface area contributed by atoms with Crippen molar-refractivity contribution in [3.8, 4) is 22.6 Å². The lowest BCUT2D eigenvalue weighted by molar-refractivity contribution is -0.0504. The van der Waals surface area contributed by atoms with E-state index < -0.39 is 34.3 Å². The Balaban J connectivity index is 2.05. The highest BCUT2D eigenvalue weighted by atomic mass is 35.5. The van der Waals surface area contributed by atoms with E-state index in [1.165, 1.54) is 19.2 Å². The SMILES string of the molecule is COC1c2c(cc(F)c(Cl)c2-c2c(C(N)=O)ccc(OCCO)c2F)OC1(CN)c1ccccc1. The van der Waals surface area contributed by atoms with Crippen LogP contribution in [-0.4, -0.2) is 37.9 Å². The molecule has 0 aromatic heterocycles. The van der Waals surface area contributed by atoms with Crippen LogP contribution in [0.1, 0.15) is 27.6 Å². The number of fused-ring (bicyclic) bond motifs is 1. The summed E-state index contributed by atoms with van der Waals surface area (Å²) in [5, 5.41) is 8.62. The molecule has 5 N–H and O–H groups in total. The predicted molar refractivity (Wildman–Crippen MR) is 125 cm³/mol. The van der Waals surface area contributed by atoms with Gasteiger partial charge in [0.1, 0.15) is 24.3 Å². The highest BCUT2D eigenvalue weighted by molar-refractivity contribution is 6.34. The van der Waals surface area contributed by atoms with Gasteiger partial charge in [-0.1, -0.05) is 41.9 Å². The fraction of sp³-hybridized carbons (Fsp3) is 0.240. The molecule has 0 saturated heterocycles. The summed E-state index contributed by atoms with van der Waals surface area (Å²) in [6.45, 7) is -0.665. The van der Waals surface area contributed by atoms with Gasteiger partial charge in [-0.05, 0) is 17.7 Å². The number of primary amides is 1. The van der Waals surface area contributed by atoms with Crippen LogP contribution in [0.25, 0.3) is 11.1 Å². The van der Waals surface area contributed by atoms with Crippen molar-refractivity contribution in [3.63, 3.8) is 0 Å². The summed E-state index contributed by atoms with van der Waals surface area (Å²) >= 11 is 6.40. The molecule has 3 aromatic rings. The van der Waals surface area contributed by atoms with Crippen molar-refractivity contribution in [2.75, 3.05) is 26.9 Å². The largest absolute Gasteiger partial charge is 0.488 e. The molecule has 2 atom stereocenters. The first-order chi connectivity index (χ1) is 16.8. The Morgan fingerprint density at radius 1 is 1.20 bits per heavy atom. The zero-order valence-corrected chi connectivity index (χ0v) is 19.4. The average Bonchev–Trinajstić information content (AvgIpc) is 3.18. The number of carbonyl (C=O) groups is 1. The molecule has 35 heavy (non-hydrogen) atoms. The van der Waals surface area contributed by atoms with Crippen molar-refractivity contribution in [1.82, 2.24) is 0 Å². The number of benzene rings is 3. The number of carbonyl (C=O) groups excluding carboxylic acids is 1. The first-order valence-corrected chi connectivity index (χ1v) is 11.0. The van der Waals surface area contributed by atoms with Crippen LogP contribution in [-0.2, 0) is 10.3 Å². The smallest absolute Gasteiger partial charge is 0.249 e. The number of methoxy groups -OCH3 is 1. The molecule has 1 aliphatic heterocycles. The van der Waals surface area contributed by atoms with Crippen molar-refractivity contribution in [3.05, 3.63) is 81.9 Å². The lowest BCUT2D eigenvalue weighted by atomic mass is 9.83. The van der Waals surface area contributed by atoms with Crippen molar-refractivity contribution in [1.29, 1.82) is 0 Å². The van der Waals surface area contributed by atoms with Crippen LogP contribution in [0.15, 0.2) is 48.5 Å². The Morgan fingerprint density at radius 3 is 2.51 bits per heavy atom. The summed E-state index contributed by atoms with van der Waals surface area (Å²) in [5.74, 6) is -3.15. The maximum Gasteiger partial charge on any atom is 0.249 e. The van der Waals surface area contributed by atoms with E-state index >= 15 is 8.78 Å². The average molecular weight is 505 g/mol. The van der Waals surface area contributed by atoms with Crippen molar-refractivity contribution in [2.45, 2.75) is 11.7 Å². The molecule has 0 fully saturated rings. The molecule has 184 valence electrons. The molecule has 10 heteroatoms. The highest BCUT2D eigenvalue weighted by Crippen LogP contribution is 2.56. The second kappa shape index (κ2) is 9.79. The summed E-state index contributed by atoms with van der Waals surface area (Å²) < 4.78 is 48.2. The number of halogens is 3. The van der Waals surface area contributed by atoms with Gasteiger partial charge in [0.05, 0.1) is 17.2 Å². The Labute approximate surface area is 205 Å². The summed E-state index contributed by atoms with van der Waals surface area (Å²) in [4.78, 5) is 12.3. The lowest BCUT2D eigenvalue weighted by Crippen LogP contribution is -2.43. The summed E-state index contributed by atoms with van der Waals surface area (Å²) in [6.07, 6.45) is -0.958. The zero-order chi connectivity index (χ0) is 25.3. The number of aliphatic hydroxyl groups is 1. The van der Waals surface area contributed by atoms with E-state index in [0.717, 1.165) is 6.07 Å². The molecule has 0 saturated carbocycles. The minimum atomic E-state index is -1.29. The molecule has 1 aliphatic rings. The minimum Gasteiger partial charge on any atom is -0.488 e. The fourth-order valence-electron chi connectivity index (χ4n) is 4.47. The molecule has 2 unspecified atom stereocenters. The number of nitrogens with two attached hydrogens (primary N) is 2. The van der Waals surface area contributed by atoms with Gasteiger partial charge in [0.15, 0.2) is 17.2 Å². The molecule has 1 amide bonds. The monoisotopic (exact) mass is 504 g/mol. The van der Waals surface area contributed by atoms with Gasteiger partial charge in [-0.25, -0.2) is 8.78 Å². The van der Waals surface area contributed by atoms with Crippen LogP contribution in [0.5, 0.6) is 11.5 Å². The zero-order valence-electron chi connectivity index (χ0n) is 18.7. The van der Waals surface area contributed by atoms with E-state index in [0.29, 0.717) is 5.56 Å². The molecular weight excluding hydrogens is 482 g/mol. The molecule has 3 aromatic carbocycles. The van der Waals surface area contributed by atoms with Gasteiger partial charge in [-0.2, -0.15) is 0 Å². The first-order valence-electron chi connectivity index (χ1n) is 10.7. The number of hydrogen-bond acceptors (Lipinski definition) is 6. The number of ether oxygens (including phenoxy) is 3. The maximum absolute atomic E-state index is 15.8. The lowest BCUT2D eigenvalue weighted by Gasteiger charge is -2.33. The van der Waals surface area contributed by atoms with Gasteiger partial charge in [0.2, 0.25) is 5.91 Å². The molecule has 0 bridgehead atoms. The molecule has 0 spiro atoms. The standard InChI is InChI=1S/C25H23ClF2N2O5/c1-33-23-19-17(35-25(23,12-29)13-5-3-2-4-6-13)11-15(27)21(26)20(19)18-14(24(30)32)7-8-16(22(18)28)34-10-9-31/h2-8,11,23,31H,9-10,12,29H2,1H3,(H2,30,32). The van der Waals surface area contributed by atoms with Crippen LogP contribution in [0.3, 0.4) is 0 Å². The second-order valence-electron chi connectivity index (χ2n) is 7.87. The Hall–Kier alpha value is -3.24. The molecule has 0 aliphatic carbocycles. The second-order valence-corrected chi connectivity index (χ2v) is 8.25. The van der Waals surface area contributed by atoms with E-state index in [1.54, 1.807) is 24.3 Å². The normalized spacial score (nSPS) is 18.7. The van der Waals surface area contributed by atoms with Crippen LogP contribution in [0, 0.1) is 11.6 Å². The molecular formula is C25H23ClF2N2O5. The van der Waals surface area contributed by atoms with Gasteiger partial charge in [-0.15, -0.1) is 0 Å². The number of amides is 1. The summed E-state index contributed by atoms with van der Waals surface area (Å²) in [5.41, 5.74) is 10.5. The Bertz CT molecular complexity index is 1270. The van der Waals surface area contributed by atoms with Gasteiger partial charge in [0, 0.05) is 36.4 Å². The van der Waals surface area contributed by atoms with E-state index in [2.05, 4.69) is 0 Å². The molecule has 7 nitrogen and oxygen atoms in total. The summed E-state index contributed by atoms with van der Waals surface area (Å²) in [6, 6.07) is 12.4. The fourth-order valence-corrected chi connectivity index (χ4v) is 4.72. The Morgan fingerprint density at radius 2 is 1.91 bits per heavy atom. The molecule has 0 radical (unpaired) electrons. The minimum absolute atomic E-state index is 0.0274. The first kappa shape index (κ1) is 24.9. The third kappa shape index (κ3) is 4.00. The van der Waals surface area contributed by atoms with Crippen LogP contribution < -0.4 is 20.9 Å². The third-order valence-corrected chi connectivity index (χ3v) is 6.34. The van der Waals surface area contributed by atoms with E-state index in [4.69, 9.17) is 42.4 Å². The predicted octanol–water partition coefficient (Wildman–Crippen LogP) is 3.69. The van der Waals surface area contributed by atoms with Gasteiger partial charge in [0.25, 0.3) is 0 Å². The quantitative estimate of drug-likeness (QED) is 0.431. The van der Waals surface area contributed by atoms with Gasteiger partial charge < -0.3 is 30.8 Å². The van der Waals surface area contributed by atoms with E-state index in [1.807, 2.05) is 6.07 Å². The highest BCUT2D eigenvalue weighted by Gasteiger charge is 2.52. The molecule has 1 heterocycles. The number of aliphatic hydroxyl groups excluding tert-OH is 1. The van der Waals surface area contributed by atoms with Gasteiger partial charge >= 0.3 is 0 Å². The van der Waals surface area contributed by atoms with Crippen molar-refractivity contribution in [2.24, 2.45) is 11.5 Å².